The number of aryl methyl sites for hydroxylation is 1. The van der Waals surface area contributed by atoms with E-state index < -0.39 is 0 Å². The van der Waals surface area contributed by atoms with Crippen LogP contribution in [0.5, 0.6) is 0 Å². The maximum atomic E-state index is 4.50. The minimum atomic E-state index is 0.304. The molecule has 2 rings (SSSR count). The number of benzene rings is 1. The molecule has 1 aromatic carbocycles. The lowest BCUT2D eigenvalue weighted by Crippen LogP contribution is -2.19. The van der Waals surface area contributed by atoms with Crippen molar-refractivity contribution < 1.29 is 0 Å². The number of rotatable bonds is 4. The van der Waals surface area contributed by atoms with Crippen molar-refractivity contribution >= 4 is 15.9 Å². The van der Waals surface area contributed by atoms with E-state index in [1.807, 2.05) is 19.3 Å². The lowest BCUT2D eigenvalue weighted by Gasteiger charge is -2.17. The van der Waals surface area contributed by atoms with Gasteiger partial charge in [0.25, 0.3) is 0 Å². The standard InChI is InChI=1S/C15H17BrN2/c1-11-8-13(16)10-18-14(11)9-15(17-2)12-6-4-3-5-7-12/h3-8,10,15,17H,9H2,1-2H3. The Morgan fingerprint density at radius 3 is 2.61 bits per heavy atom. The Kier molecular flexibility index (Phi) is 4.50. The molecule has 1 atom stereocenters. The van der Waals surface area contributed by atoms with Crippen LogP contribution in [-0.2, 0) is 6.42 Å². The predicted octanol–water partition coefficient (Wildman–Crippen LogP) is 3.66. The summed E-state index contributed by atoms with van der Waals surface area (Å²) < 4.78 is 1.03. The zero-order valence-electron chi connectivity index (χ0n) is 10.7. The molecule has 1 heterocycles. The third-order valence-electron chi connectivity index (χ3n) is 3.10. The highest BCUT2D eigenvalue weighted by molar-refractivity contribution is 9.10. The van der Waals surface area contributed by atoms with Crippen LogP contribution in [0.4, 0.5) is 0 Å². The summed E-state index contributed by atoms with van der Waals surface area (Å²) in [7, 11) is 1.99. The Labute approximate surface area is 117 Å². The molecule has 1 unspecified atom stereocenters. The van der Waals surface area contributed by atoms with E-state index >= 15 is 0 Å². The monoisotopic (exact) mass is 304 g/mol. The Hall–Kier alpha value is -1.19. The lowest BCUT2D eigenvalue weighted by molar-refractivity contribution is 0.582. The normalized spacial score (nSPS) is 12.4. The summed E-state index contributed by atoms with van der Waals surface area (Å²) in [6, 6.07) is 12.9. The molecule has 0 amide bonds. The molecule has 2 nitrogen and oxygen atoms in total. The van der Waals surface area contributed by atoms with E-state index in [2.05, 4.69) is 63.5 Å². The summed E-state index contributed by atoms with van der Waals surface area (Å²) in [4.78, 5) is 4.50. The molecular weight excluding hydrogens is 288 g/mol. The van der Waals surface area contributed by atoms with Gasteiger partial charge in [-0.1, -0.05) is 30.3 Å². The zero-order valence-corrected chi connectivity index (χ0v) is 12.2. The van der Waals surface area contributed by atoms with Crippen LogP contribution in [-0.4, -0.2) is 12.0 Å². The second kappa shape index (κ2) is 6.12. The first-order valence-electron chi connectivity index (χ1n) is 6.04. The molecule has 94 valence electrons. The van der Waals surface area contributed by atoms with Crippen LogP contribution >= 0.6 is 15.9 Å². The first-order valence-corrected chi connectivity index (χ1v) is 6.83. The Morgan fingerprint density at radius 1 is 1.28 bits per heavy atom. The topological polar surface area (TPSA) is 24.9 Å². The number of likely N-dealkylation sites (N-methyl/N-ethyl adjacent to an activating group) is 1. The number of hydrogen-bond donors (Lipinski definition) is 1. The molecule has 0 fully saturated rings. The number of nitrogens with zero attached hydrogens (tertiary/aromatic N) is 1. The van der Waals surface area contributed by atoms with Crippen LogP contribution in [0.15, 0.2) is 47.1 Å². The van der Waals surface area contributed by atoms with Crippen LogP contribution in [0.2, 0.25) is 0 Å². The molecule has 0 saturated carbocycles. The first-order chi connectivity index (χ1) is 8.70. The molecule has 3 heteroatoms. The third kappa shape index (κ3) is 3.18. The minimum absolute atomic E-state index is 0.304. The van der Waals surface area contributed by atoms with Gasteiger partial charge in [0.2, 0.25) is 0 Å². The molecule has 1 aromatic heterocycles. The maximum absolute atomic E-state index is 4.50. The van der Waals surface area contributed by atoms with E-state index in [9.17, 15) is 0 Å². The SMILES string of the molecule is CNC(Cc1ncc(Br)cc1C)c1ccccc1. The molecular formula is C15H17BrN2. The van der Waals surface area contributed by atoms with Gasteiger partial charge >= 0.3 is 0 Å². The largest absolute Gasteiger partial charge is 0.313 e. The molecule has 18 heavy (non-hydrogen) atoms. The van der Waals surface area contributed by atoms with Crippen molar-refractivity contribution in [2.75, 3.05) is 7.05 Å². The maximum Gasteiger partial charge on any atom is 0.0452 e. The second-order valence-electron chi connectivity index (χ2n) is 4.37. The van der Waals surface area contributed by atoms with Gasteiger partial charge in [-0.05, 0) is 47.1 Å². The summed E-state index contributed by atoms with van der Waals surface area (Å²) in [5.41, 5.74) is 3.66. The van der Waals surface area contributed by atoms with Crippen LogP contribution in [0.25, 0.3) is 0 Å². The summed E-state index contributed by atoms with van der Waals surface area (Å²) in [5, 5.41) is 3.36. The summed E-state index contributed by atoms with van der Waals surface area (Å²) in [6.07, 6.45) is 2.76. The van der Waals surface area contributed by atoms with Crippen molar-refractivity contribution in [3.63, 3.8) is 0 Å². The fraction of sp³-hybridized carbons (Fsp3) is 0.267. The van der Waals surface area contributed by atoms with E-state index in [1.54, 1.807) is 0 Å². The van der Waals surface area contributed by atoms with Gasteiger partial charge < -0.3 is 5.32 Å². The number of pyridine rings is 1. The quantitative estimate of drug-likeness (QED) is 0.932. The van der Waals surface area contributed by atoms with Crippen molar-refractivity contribution in [1.29, 1.82) is 0 Å². The first kappa shape index (κ1) is 13.2. The average Bonchev–Trinajstić information content (AvgIpc) is 2.39. The van der Waals surface area contributed by atoms with Crippen molar-refractivity contribution in [3.05, 3.63) is 63.9 Å². The number of hydrogen-bond acceptors (Lipinski definition) is 2. The third-order valence-corrected chi connectivity index (χ3v) is 3.53. The van der Waals surface area contributed by atoms with E-state index in [1.165, 1.54) is 11.1 Å². The van der Waals surface area contributed by atoms with Gasteiger partial charge in [-0.3, -0.25) is 4.98 Å². The van der Waals surface area contributed by atoms with Gasteiger partial charge in [0.05, 0.1) is 0 Å². The fourth-order valence-electron chi connectivity index (χ4n) is 2.05. The number of halogens is 1. The van der Waals surface area contributed by atoms with E-state index in [0.717, 1.165) is 16.6 Å². The highest BCUT2D eigenvalue weighted by atomic mass is 79.9. The Bertz CT molecular complexity index is 511. The van der Waals surface area contributed by atoms with Crippen molar-refractivity contribution in [2.45, 2.75) is 19.4 Å². The molecule has 2 aromatic rings. The van der Waals surface area contributed by atoms with E-state index in [4.69, 9.17) is 0 Å². The Balaban J connectivity index is 2.21. The molecule has 0 bridgehead atoms. The van der Waals surface area contributed by atoms with Gasteiger partial charge in [0.15, 0.2) is 0 Å². The zero-order chi connectivity index (χ0) is 13.0. The molecule has 0 aliphatic heterocycles. The van der Waals surface area contributed by atoms with Gasteiger partial charge in [0.1, 0.15) is 0 Å². The highest BCUT2D eigenvalue weighted by Gasteiger charge is 2.12. The fourth-order valence-corrected chi connectivity index (χ4v) is 2.49. The number of nitrogens with one attached hydrogen (secondary N) is 1. The highest BCUT2D eigenvalue weighted by Crippen LogP contribution is 2.20. The smallest absolute Gasteiger partial charge is 0.0452 e. The van der Waals surface area contributed by atoms with Gasteiger partial charge in [-0.25, -0.2) is 0 Å². The summed E-state index contributed by atoms with van der Waals surface area (Å²) >= 11 is 3.45. The van der Waals surface area contributed by atoms with Crippen LogP contribution in [0, 0.1) is 6.92 Å². The van der Waals surface area contributed by atoms with Crippen molar-refractivity contribution in [3.8, 4) is 0 Å². The van der Waals surface area contributed by atoms with Gasteiger partial charge in [0, 0.05) is 28.8 Å². The lowest BCUT2D eigenvalue weighted by atomic mass is 10.00. The van der Waals surface area contributed by atoms with Gasteiger partial charge in [-0.15, -0.1) is 0 Å². The average molecular weight is 305 g/mol. The Morgan fingerprint density at radius 2 is 2.00 bits per heavy atom. The van der Waals surface area contributed by atoms with E-state index in [-0.39, 0.29) is 0 Å². The number of aromatic nitrogens is 1. The minimum Gasteiger partial charge on any atom is -0.313 e. The van der Waals surface area contributed by atoms with Crippen LogP contribution in [0.1, 0.15) is 22.9 Å². The molecule has 0 spiro atoms. The molecule has 0 aliphatic carbocycles. The predicted molar refractivity (Wildman–Crippen MR) is 78.6 cm³/mol. The van der Waals surface area contributed by atoms with Gasteiger partial charge in [-0.2, -0.15) is 0 Å². The molecule has 0 saturated heterocycles. The molecule has 0 radical (unpaired) electrons. The summed E-state index contributed by atoms with van der Waals surface area (Å²) in [6.45, 7) is 2.10. The van der Waals surface area contributed by atoms with Crippen molar-refractivity contribution in [1.82, 2.24) is 10.3 Å². The van der Waals surface area contributed by atoms with E-state index in [0.29, 0.717) is 6.04 Å². The summed E-state index contributed by atoms with van der Waals surface area (Å²) in [5.74, 6) is 0. The van der Waals surface area contributed by atoms with Crippen LogP contribution in [0.3, 0.4) is 0 Å². The van der Waals surface area contributed by atoms with Crippen LogP contribution < -0.4 is 5.32 Å². The second-order valence-corrected chi connectivity index (χ2v) is 5.29. The molecule has 1 N–H and O–H groups in total. The molecule has 0 aliphatic rings. The van der Waals surface area contributed by atoms with Crippen molar-refractivity contribution in [2.24, 2.45) is 0 Å².